The minimum absolute atomic E-state index is 0.180. The van der Waals surface area contributed by atoms with Crippen LogP contribution in [0, 0.1) is 5.82 Å². The third-order valence-corrected chi connectivity index (χ3v) is 3.18. The first-order chi connectivity index (χ1) is 8.24. The smallest absolute Gasteiger partial charge is 0.137 e. The van der Waals surface area contributed by atoms with Crippen LogP contribution in [0.2, 0.25) is 0 Å². The predicted octanol–water partition coefficient (Wildman–Crippen LogP) is 3.15. The summed E-state index contributed by atoms with van der Waals surface area (Å²) in [5.74, 6) is -0.180. The van der Waals surface area contributed by atoms with Crippen molar-refractivity contribution in [3.8, 4) is 0 Å². The SMILES string of the molecule is COCCNCCCCc1ccc(Br)c(F)c1. The van der Waals surface area contributed by atoms with Crippen molar-refractivity contribution in [1.82, 2.24) is 5.32 Å². The molecule has 1 rings (SSSR count). The number of methoxy groups -OCH3 is 1. The summed E-state index contributed by atoms with van der Waals surface area (Å²) in [6.45, 7) is 2.63. The number of halogens is 2. The van der Waals surface area contributed by atoms with Gasteiger partial charge < -0.3 is 10.1 Å². The van der Waals surface area contributed by atoms with Gasteiger partial charge in [-0.25, -0.2) is 4.39 Å². The molecule has 0 saturated carbocycles. The lowest BCUT2D eigenvalue weighted by Crippen LogP contribution is -2.20. The third kappa shape index (κ3) is 6.15. The first-order valence-electron chi connectivity index (χ1n) is 5.87. The molecular weight excluding hydrogens is 285 g/mol. The molecular formula is C13H19BrFNO. The molecule has 0 aliphatic rings. The first kappa shape index (κ1) is 14.6. The van der Waals surface area contributed by atoms with Crippen LogP contribution in [0.25, 0.3) is 0 Å². The highest BCUT2D eigenvalue weighted by molar-refractivity contribution is 9.10. The molecule has 0 aliphatic carbocycles. The quantitative estimate of drug-likeness (QED) is 0.745. The number of aryl methyl sites for hydroxylation is 1. The van der Waals surface area contributed by atoms with Crippen LogP contribution in [0.15, 0.2) is 22.7 Å². The van der Waals surface area contributed by atoms with E-state index >= 15 is 0 Å². The minimum Gasteiger partial charge on any atom is -0.383 e. The molecule has 2 nitrogen and oxygen atoms in total. The Labute approximate surface area is 111 Å². The molecule has 96 valence electrons. The molecule has 0 saturated heterocycles. The lowest BCUT2D eigenvalue weighted by atomic mass is 10.1. The number of hydrogen-bond acceptors (Lipinski definition) is 2. The topological polar surface area (TPSA) is 21.3 Å². The van der Waals surface area contributed by atoms with Crippen molar-refractivity contribution in [2.24, 2.45) is 0 Å². The van der Waals surface area contributed by atoms with Gasteiger partial charge in [-0.3, -0.25) is 0 Å². The summed E-state index contributed by atoms with van der Waals surface area (Å²) in [4.78, 5) is 0. The third-order valence-electron chi connectivity index (χ3n) is 2.54. The molecule has 0 radical (unpaired) electrons. The van der Waals surface area contributed by atoms with Crippen molar-refractivity contribution in [2.75, 3.05) is 26.8 Å². The fourth-order valence-corrected chi connectivity index (χ4v) is 1.82. The highest BCUT2D eigenvalue weighted by Gasteiger charge is 2.00. The van der Waals surface area contributed by atoms with E-state index in [4.69, 9.17) is 4.74 Å². The zero-order valence-corrected chi connectivity index (χ0v) is 11.7. The highest BCUT2D eigenvalue weighted by atomic mass is 79.9. The molecule has 1 aromatic carbocycles. The average Bonchev–Trinajstić information content (AvgIpc) is 2.32. The van der Waals surface area contributed by atoms with Crippen LogP contribution in [-0.2, 0) is 11.2 Å². The van der Waals surface area contributed by atoms with E-state index in [1.807, 2.05) is 6.07 Å². The van der Waals surface area contributed by atoms with Gasteiger partial charge in [-0.2, -0.15) is 0 Å². The van der Waals surface area contributed by atoms with Gasteiger partial charge in [0.1, 0.15) is 5.82 Å². The van der Waals surface area contributed by atoms with Crippen molar-refractivity contribution in [2.45, 2.75) is 19.3 Å². The van der Waals surface area contributed by atoms with E-state index in [0.29, 0.717) is 4.47 Å². The maximum Gasteiger partial charge on any atom is 0.137 e. The van der Waals surface area contributed by atoms with Crippen LogP contribution in [0.1, 0.15) is 18.4 Å². The second-order valence-corrected chi connectivity index (χ2v) is 4.80. The van der Waals surface area contributed by atoms with Crippen LogP contribution in [0.5, 0.6) is 0 Å². The molecule has 4 heteroatoms. The van der Waals surface area contributed by atoms with Crippen molar-refractivity contribution in [1.29, 1.82) is 0 Å². The molecule has 0 heterocycles. The van der Waals surface area contributed by atoms with Crippen LogP contribution in [0.4, 0.5) is 4.39 Å². The Morgan fingerprint density at radius 2 is 2.12 bits per heavy atom. The lowest BCUT2D eigenvalue weighted by molar-refractivity contribution is 0.199. The number of benzene rings is 1. The van der Waals surface area contributed by atoms with E-state index in [-0.39, 0.29) is 5.82 Å². The molecule has 0 amide bonds. The summed E-state index contributed by atoms with van der Waals surface area (Å²) in [5.41, 5.74) is 1.06. The van der Waals surface area contributed by atoms with Gasteiger partial charge in [-0.15, -0.1) is 0 Å². The number of hydrogen-bond donors (Lipinski definition) is 1. The monoisotopic (exact) mass is 303 g/mol. The minimum atomic E-state index is -0.180. The Bertz CT molecular complexity index is 333. The standard InChI is InChI=1S/C13H19BrFNO/c1-17-9-8-16-7-3-2-4-11-5-6-12(14)13(15)10-11/h5-6,10,16H,2-4,7-9H2,1H3. The number of nitrogens with one attached hydrogen (secondary N) is 1. The van der Waals surface area contributed by atoms with E-state index in [2.05, 4.69) is 21.2 Å². The normalized spacial score (nSPS) is 10.8. The Morgan fingerprint density at radius 3 is 2.82 bits per heavy atom. The summed E-state index contributed by atoms with van der Waals surface area (Å²) in [7, 11) is 1.70. The van der Waals surface area contributed by atoms with Crippen molar-refractivity contribution in [3.05, 3.63) is 34.1 Å². The van der Waals surface area contributed by atoms with E-state index in [1.165, 1.54) is 0 Å². The second-order valence-electron chi connectivity index (χ2n) is 3.95. The van der Waals surface area contributed by atoms with Gasteiger partial charge in [0, 0.05) is 13.7 Å². The number of unbranched alkanes of at least 4 members (excludes halogenated alkanes) is 1. The average molecular weight is 304 g/mol. The summed E-state index contributed by atoms with van der Waals surface area (Å²) in [6, 6.07) is 5.33. The van der Waals surface area contributed by atoms with Gasteiger partial charge in [-0.05, 0) is 59.4 Å². The zero-order valence-electron chi connectivity index (χ0n) is 10.1. The Hall–Kier alpha value is -0.450. The molecule has 1 aromatic rings. The van der Waals surface area contributed by atoms with Crippen molar-refractivity contribution >= 4 is 15.9 Å². The van der Waals surface area contributed by atoms with E-state index in [9.17, 15) is 4.39 Å². The Morgan fingerprint density at radius 1 is 1.29 bits per heavy atom. The van der Waals surface area contributed by atoms with E-state index in [0.717, 1.165) is 44.5 Å². The summed E-state index contributed by atoms with van der Waals surface area (Å²) in [5, 5.41) is 3.29. The van der Waals surface area contributed by atoms with Crippen LogP contribution in [0.3, 0.4) is 0 Å². The summed E-state index contributed by atoms with van der Waals surface area (Å²) >= 11 is 3.15. The maximum atomic E-state index is 13.2. The first-order valence-corrected chi connectivity index (χ1v) is 6.67. The van der Waals surface area contributed by atoms with Gasteiger partial charge in [0.05, 0.1) is 11.1 Å². The van der Waals surface area contributed by atoms with E-state index in [1.54, 1.807) is 19.2 Å². The summed E-state index contributed by atoms with van der Waals surface area (Å²) in [6.07, 6.45) is 3.10. The molecule has 0 unspecified atom stereocenters. The van der Waals surface area contributed by atoms with Gasteiger partial charge in [-0.1, -0.05) is 6.07 Å². The van der Waals surface area contributed by atoms with Crippen LogP contribution in [-0.4, -0.2) is 26.8 Å². The van der Waals surface area contributed by atoms with Crippen LogP contribution >= 0.6 is 15.9 Å². The molecule has 17 heavy (non-hydrogen) atoms. The number of rotatable bonds is 8. The van der Waals surface area contributed by atoms with Gasteiger partial charge in [0.25, 0.3) is 0 Å². The molecule has 0 fully saturated rings. The lowest BCUT2D eigenvalue weighted by Gasteiger charge is -2.05. The zero-order chi connectivity index (χ0) is 12.5. The fraction of sp³-hybridized carbons (Fsp3) is 0.538. The Kier molecular flexibility index (Phi) is 7.40. The van der Waals surface area contributed by atoms with Crippen molar-refractivity contribution in [3.63, 3.8) is 0 Å². The Balaban J connectivity index is 2.11. The van der Waals surface area contributed by atoms with E-state index < -0.39 is 0 Å². The molecule has 1 N–H and O–H groups in total. The highest BCUT2D eigenvalue weighted by Crippen LogP contribution is 2.17. The van der Waals surface area contributed by atoms with Crippen LogP contribution < -0.4 is 5.32 Å². The number of ether oxygens (including phenoxy) is 1. The maximum absolute atomic E-state index is 13.2. The molecule has 0 aromatic heterocycles. The molecule has 0 atom stereocenters. The molecule has 0 bridgehead atoms. The van der Waals surface area contributed by atoms with Crippen molar-refractivity contribution < 1.29 is 9.13 Å². The summed E-state index contributed by atoms with van der Waals surface area (Å²) < 4.78 is 18.7. The fourth-order valence-electron chi connectivity index (χ4n) is 1.57. The second kappa shape index (κ2) is 8.61. The van der Waals surface area contributed by atoms with Gasteiger partial charge >= 0.3 is 0 Å². The predicted molar refractivity (Wildman–Crippen MR) is 71.8 cm³/mol. The van der Waals surface area contributed by atoms with Gasteiger partial charge in [0.15, 0.2) is 0 Å². The largest absolute Gasteiger partial charge is 0.383 e. The van der Waals surface area contributed by atoms with Gasteiger partial charge in [0.2, 0.25) is 0 Å². The molecule has 0 spiro atoms. The molecule has 0 aliphatic heterocycles.